The minimum Gasteiger partial charge on any atom is -0.504 e. The Labute approximate surface area is 196 Å². The second-order valence-corrected chi connectivity index (χ2v) is 8.22. The number of aromatic hydroxyl groups is 1. The van der Waals surface area contributed by atoms with Crippen LogP contribution in [0.25, 0.3) is 11.0 Å². The van der Waals surface area contributed by atoms with Crippen molar-refractivity contribution in [2.24, 2.45) is 0 Å². The Bertz CT molecular complexity index is 1290. The molecule has 178 valence electrons. The first-order chi connectivity index (χ1) is 16.3. The fraction of sp³-hybridized carbons (Fsp3) is 0.280. The van der Waals surface area contributed by atoms with E-state index in [0.29, 0.717) is 28.8 Å². The lowest BCUT2D eigenvalue weighted by molar-refractivity contribution is -0.129. The number of Topliss-reactive ketones (excluding diaryl/α,β-unsaturated/α-hetero) is 1. The number of phenolic OH excluding ortho intramolecular Hbond substituents is 1. The molecule has 9 nitrogen and oxygen atoms in total. The molecule has 1 aliphatic rings. The van der Waals surface area contributed by atoms with E-state index in [-0.39, 0.29) is 29.4 Å². The number of para-hydroxylation sites is 1. The van der Waals surface area contributed by atoms with Crippen molar-refractivity contribution >= 4 is 22.7 Å². The Morgan fingerprint density at radius 3 is 2.50 bits per heavy atom. The Morgan fingerprint density at radius 1 is 1.09 bits per heavy atom. The highest BCUT2D eigenvalue weighted by molar-refractivity contribution is 6.16. The van der Waals surface area contributed by atoms with Crippen LogP contribution in [-0.2, 0) is 4.79 Å². The fourth-order valence-corrected chi connectivity index (χ4v) is 4.08. The molecule has 0 spiro atoms. The summed E-state index contributed by atoms with van der Waals surface area (Å²) in [6, 6.07) is 10.5. The number of furan rings is 1. The maximum Gasteiger partial charge on any atom is 0.290 e. The molecule has 0 radical (unpaired) electrons. The highest BCUT2D eigenvalue weighted by atomic mass is 16.5. The number of phenols is 1. The van der Waals surface area contributed by atoms with Gasteiger partial charge in [-0.2, -0.15) is 0 Å². The van der Waals surface area contributed by atoms with Crippen molar-refractivity contribution in [3.63, 3.8) is 0 Å². The monoisotopic (exact) mass is 466 g/mol. The van der Waals surface area contributed by atoms with Crippen LogP contribution in [0.15, 0.2) is 58.2 Å². The van der Waals surface area contributed by atoms with Crippen molar-refractivity contribution in [3.8, 4) is 17.2 Å². The highest BCUT2D eigenvalue weighted by Crippen LogP contribution is 2.42. The average molecular weight is 466 g/mol. The number of fused-ring (bicyclic) bond motifs is 1. The van der Waals surface area contributed by atoms with Crippen LogP contribution in [0.3, 0.4) is 0 Å². The minimum absolute atomic E-state index is 0.0287. The minimum atomic E-state index is -0.899. The summed E-state index contributed by atoms with van der Waals surface area (Å²) in [7, 11) is 6.63. The van der Waals surface area contributed by atoms with Gasteiger partial charge in [0, 0.05) is 18.5 Å². The molecule has 2 aromatic carbocycles. The third-order valence-electron chi connectivity index (χ3n) is 5.81. The summed E-state index contributed by atoms with van der Waals surface area (Å²) in [5, 5.41) is 21.5. The van der Waals surface area contributed by atoms with E-state index in [1.54, 1.807) is 36.4 Å². The van der Waals surface area contributed by atoms with Gasteiger partial charge in [0.1, 0.15) is 0 Å². The maximum atomic E-state index is 13.6. The van der Waals surface area contributed by atoms with Crippen LogP contribution in [0.4, 0.5) is 0 Å². The zero-order valence-corrected chi connectivity index (χ0v) is 19.4. The molecular weight excluding hydrogens is 440 g/mol. The first-order valence-corrected chi connectivity index (χ1v) is 10.6. The quantitative estimate of drug-likeness (QED) is 0.487. The number of rotatable bonds is 8. The van der Waals surface area contributed by atoms with Crippen molar-refractivity contribution in [2.45, 2.75) is 6.04 Å². The van der Waals surface area contributed by atoms with Gasteiger partial charge in [-0.3, -0.25) is 9.59 Å². The van der Waals surface area contributed by atoms with Gasteiger partial charge in [0.2, 0.25) is 5.78 Å². The molecule has 1 aromatic heterocycles. The number of nitrogens with zero attached hydrogens (tertiary/aromatic N) is 2. The van der Waals surface area contributed by atoms with Gasteiger partial charge in [-0.05, 0) is 43.9 Å². The molecule has 4 rings (SSSR count). The van der Waals surface area contributed by atoms with E-state index >= 15 is 0 Å². The number of aliphatic hydroxyl groups is 1. The Morgan fingerprint density at radius 2 is 1.82 bits per heavy atom. The summed E-state index contributed by atoms with van der Waals surface area (Å²) in [6.07, 6.45) is 0. The molecule has 2 N–H and O–H groups in total. The van der Waals surface area contributed by atoms with Gasteiger partial charge in [-0.25, -0.2) is 0 Å². The number of ketones is 1. The Kier molecular flexibility index (Phi) is 6.21. The summed E-state index contributed by atoms with van der Waals surface area (Å²) < 4.78 is 16.3. The predicted octanol–water partition coefficient (Wildman–Crippen LogP) is 3.30. The van der Waals surface area contributed by atoms with Crippen LogP contribution in [0, 0.1) is 0 Å². The normalized spacial score (nSPS) is 16.1. The summed E-state index contributed by atoms with van der Waals surface area (Å²) >= 11 is 0. The highest BCUT2D eigenvalue weighted by Gasteiger charge is 2.44. The fourth-order valence-electron chi connectivity index (χ4n) is 4.08. The second kappa shape index (κ2) is 9.11. The molecule has 0 fully saturated rings. The van der Waals surface area contributed by atoms with Gasteiger partial charge in [-0.1, -0.05) is 18.2 Å². The number of likely N-dealkylation sites (N-methyl/N-ethyl adjacent to an activating group) is 1. The SMILES string of the molecule is COc1cc(C2C(C(=O)c3cc4cccc(OC)c4o3)=C(O)C(=O)N2CCN(C)C)ccc1O. The standard InChI is InChI=1S/C25H26N2O7/c1-26(2)10-11-27-21(14-8-9-16(28)18(12-14)33-4)20(23(30)25(27)31)22(29)19-13-15-6-5-7-17(32-3)24(15)34-19/h5-9,12-13,21,28,30H,10-11H2,1-4H3. The number of aliphatic hydroxyl groups excluding tert-OH is 1. The third kappa shape index (κ3) is 3.94. The molecule has 1 atom stereocenters. The molecule has 0 saturated carbocycles. The van der Waals surface area contributed by atoms with Gasteiger partial charge in [0.25, 0.3) is 5.91 Å². The molecule has 0 aliphatic carbocycles. The van der Waals surface area contributed by atoms with Crippen molar-refractivity contribution in [1.29, 1.82) is 0 Å². The van der Waals surface area contributed by atoms with Crippen molar-refractivity contribution in [2.75, 3.05) is 41.4 Å². The van der Waals surface area contributed by atoms with E-state index in [2.05, 4.69) is 0 Å². The first kappa shape index (κ1) is 23.2. The van der Waals surface area contributed by atoms with Gasteiger partial charge >= 0.3 is 0 Å². The molecule has 1 amide bonds. The van der Waals surface area contributed by atoms with Crippen LogP contribution in [0.2, 0.25) is 0 Å². The van der Waals surface area contributed by atoms with Crippen LogP contribution in [0.1, 0.15) is 22.2 Å². The summed E-state index contributed by atoms with van der Waals surface area (Å²) in [4.78, 5) is 30.0. The third-order valence-corrected chi connectivity index (χ3v) is 5.81. The van der Waals surface area contributed by atoms with Crippen molar-refractivity contribution in [1.82, 2.24) is 9.80 Å². The lowest BCUT2D eigenvalue weighted by Gasteiger charge is -2.28. The number of hydrogen-bond donors (Lipinski definition) is 2. The smallest absolute Gasteiger partial charge is 0.290 e. The molecule has 2 heterocycles. The number of amides is 1. The molecule has 9 heteroatoms. The summed E-state index contributed by atoms with van der Waals surface area (Å²) in [5.74, 6) is -1.37. The van der Waals surface area contributed by atoms with Crippen LogP contribution < -0.4 is 9.47 Å². The number of carbonyl (C=O) groups excluding carboxylic acids is 2. The molecule has 0 saturated heterocycles. The maximum absolute atomic E-state index is 13.6. The van der Waals surface area contributed by atoms with E-state index in [0.717, 1.165) is 0 Å². The topological polar surface area (TPSA) is 113 Å². The number of hydrogen-bond acceptors (Lipinski definition) is 8. The van der Waals surface area contributed by atoms with Crippen molar-refractivity contribution < 1.29 is 33.7 Å². The van der Waals surface area contributed by atoms with E-state index in [1.165, 1.54) is 25.2 Å². The summed E-state index contributed by atoms with van der Waals surface area (Å²) in [5.41, 5.74) is 0.794. The van der Waals surface area contributed by atoms with E-state index in [1.807, 2.05) is 19.0 Å². The van der Waals surface area contributed by atoms with Crippen LogP contribution in [0.5, 0.6) is 17.2 Å². The summed E-state index contributed by atoms with van der Waals surface area (Å²) in [6.45, 7) is 0.766. The lowest BCUT2D eigenvalue weighted by Crippen LogP contribution is -2.36. The number of carbonyl (C=O) groups is 2. The molecule has 0 bridgehead atoms. The lowest BCUT2D eigenvalue weighted by atomic mass is 9.94. The van der Waals surface area contributed by atoms with E-state index in [9.17, 15) is 19.8 Å². The van der Waals surface area contributed by atoms with Crippen molar-refractivity contribution in [3.05, 3.63) is 65.1 Å². The zero-order valence-electron chi connectivity index (χ0n) is 19.4. The second-order valence-electron chi connectivity index (χ2n) is 8.22. The largest absolute Gasteiger partial charge is 0.504 e. The van der Waals surface area contributed by atoms with E-state index < -0.39 is 23.5 Å². The van der Waals surface area contributed by atoms with Crippen LogP contribution >= 0.6 is 0 Å². The van der Waals surface area contributed by atoms with Gasteiger partial charge < -0.3 is 33.9 Å². The zero-order chi connectivity index (χ0) is 24.6. The van der Waals surface area contributed by atoms with Gasteiger partial charge in [-0.15, -0.1) is 0 Å². The predicted molar refractivity (Wildman–Crippen MR) is 124 cm³/mol. The molecular formula is C25H26N2O7. The number of benzene rings is 2. The Hall–Kier alpha value is -3.98. The number of ether oxygens (including phenoxy) is 2. The molecule has 1 unspecified atom stereocenters. The van der Waals surface area contributed by atoms with Crippen LogP contribution in [-0.4, -0.2) is 73.1 Å². The number of methoxy groups -OCH3 is 2. The molecule has 3 aromatic rings. The molecule has 34 heavy (non-hydrogen) atoms. The average Bonchev–Trinajstić information content (AvgIpc) is 3.37. The van der Waals surface area contributed by atoms with Gasteiger partial charge in [0.05, 0.1) is 25.8 Å². The Balaban J connectivity index is 1.82. The molecule has 1 aliphatic heterocycles. The van der Waals surface area contributed by atoms with Gasteiger partial charge in [0.15, 0.2) is 34.4 Å². The first-order valence-electron chi connectivity index (χ1n) is 10.6. The van der Waals surface area contributed by atoms with E-state index in [4.69, 9.17) is 13.9 Å².